The number of hydrogen-bond acceptors (Lipinski definition) is 4. The molecule has 0 saturated carbocycles. The third-order valence-electron chi connectivity index (χ3n) is 3.84. The van der Waals surface area contributed by atoms with Gasteiger partial charge in [0.2, 0.25) is 0 Å². The van der Waals surface area contributed by atoms with Gasteiger partial charge in [-0.2, -0.15) is 0 Å². The van der Waals surface area contributed by atoms with Gasteiger partial charge >= 0.3 is 0 Å². The Morgan fingerprint density at radius 3 is 2.41 bits per heavy atom. The SMILES string of the molecule is Cl.Cl.NCCCCNc1nc(/C=C/c2ccc(Cl)cc2)nc2ccccc12. The molecular weight excluding hydrogens is 403 g/mol. The van der Waals surface area contributed by atoms with Crippen molar-refractivity contribution in [1.29, 1.82) is 0 Å². The summed E-state index contributed by atoms with van der Waals surface area (Å²) < 4.78 is 0. The van der Waals surface area contributed by atoms with Gasteiger partial charge in [0.25, 0.3) is 0 Å². The number of anilines is 1. The van der Waals surface area contributed by atoms with E-state index in [0.717, 1.165) is 46.7 Å². The largest absolute Gasteiger partial charge is 0.369 e. The van der Waals surface area contributed by atoms with Crippen molar-refractivity contribution < 1.29 is 0 Å². The van der Waals surface area contributed by atoms with Crippen LogP contribution in [0.25, 0.3) is 23.1 Å². The van der Waals surface area contributed by atoms with Gasteiger partial charge in [0.05, 0.1) is 5.52 Å². The Kier molecular flexibility index (Phi) is 10.1. The lowest BCUT2D eigenvalue weighted by atomic mass is 10.2. The molecule has 144 valence electrons. The summed E-state index contributed by atoms with van der Waals surface area (Å²) >= 11 is 5.92. The van der Waals surface area contributed by atoms with Crippen molar-refractivity contribution in [3.05, 3.63) is 64.9 Å². The number of unbranched alkanes of at least 4 members (excludes halogenated alkanes) is 1. The van der Waals surface area contributed by atoms with Crippen molar-refractivity contribution >= 4 is 65.3 Å². The van der Waals surface area contributed by atoms with E-state index < -0.39 is 0 Å². The number of para-hydroxylation sites is 1. The van der Waals surface area contributed by atoms with Crippen molar-refractivity contribution in [1.82, 2.24) is 9.97 Å². The molecule has 3 aromatic rings. The summed E-state index contributed by atoms with van der Waals surface area (Å²) in [6.07, 6.45) is 5.92. The molecule has 2 aromatic carbocycles. The molecule has 0 unspecified atom stereocenters. The van der Waals surface area contributed by atoms with Crippen LogP contribution in [0.1, 0.15) is 24.2 Å². The smallest absolute Gasteiger partial charge is 0.154 e. The van der Waals surface area contributed by atoms with Crippen molar-refractivity contribution in [2.24, 2.45) is 5.73 Å². The molecule has 1 aromatic heterocycles. The number of nitrogens with zero attached hydrogens (tertiary/aromatic N) is 2. The van der Waals surface area contributed by atoms with Crippen LogP contribution in [0.4, 0.5) is 5.82 Å². The Morgan fingerprint density at radius 1 is 0.926 bits per heavy atom. The molecule has 1 heterocycles. The molecule has 7 heteroatoms. The number of nitrogens with one attached hydrogen (secondary N) is 1. The minimum atomic E-state index is 0. The van der Waals surface area contributed by atoms with Crippen LogP contribution >= 0.6 is 36.4 Å². The molecule has 3 N–H and O–H groups in total. The lowest BCUT2D eigenvalue weighted by Gasteiger charge is -2.09. The summed E-state index contributed by atoms with van der Waals surface area (Å²) in [4.78, 5) is 9.29. The van der Waals surface area contributed by atoms with Gasteiger partial charge in [-0.1, -0.05) is 41.9 Å². The zero-order valence-electron chi connectivity index (χ0n) is 14.8. The molecule has 0 bridgehead atoms. The summed E-state index contributed by atoms with van der Waals surface area (Å²) in [5, 5.41) is 5.16. The van der Waals surface area contributed by atoms with Crippen LogP contribution in [-0.4, -0.2) is 23.1 Å². The lowest BCUT2D eigenvalue weighted by Crippen LogP contribution is -2.08. The third kappa shape index (κ3) is 6.67. The highest BCUT2D eigenvalue weighted by Crippen LogP contribution is 2.21. The third-order valence-corrected chi connectivity index (χ3v) is 4.09. The van der Waals surface area contributed by atoms with E-state index in [2.05, 4.69) is 15.3 Å². The predicted octanol–water partition coefficient (Wildman–Crippen LogP) is 5.45. The molecule has 0 aliphatic rings. The van der Waals surface area contributed by atoms with E-state index in [1.54, 1.807) is 0 Å². The van der Waals surface area contributed by atoms with Crippen LogP contribution in [0.3, 0.4) is 0 Å². The highest BCUT2D eigenvalue weighted by molar-refractivity contribution is 6.30. The molecule has 0 radical (unpaired) electrons. The van der Waals surface area contributed by atoms with Gasteiger partial charge in [-0.3, -0.25) is 0 Å². The van der Waals surface area contributed by atoms with Crippen LogP contribution < -0.4 is 11.1 Å². The quantitative estimate of drug-likeness (QED) is 0.494. The summed E-state index contributed by atoms with van der Waals surface area (Å²) in [6.45, 7) is 1.56. The first kappa shape index (κ1) is 23.2. The average Bonchev–Trinajstić information content (AvgIpc) is 2.64. The van der Waals surface area contributed by atoms with Crippen molar-refractivity contribution in [3.63, 3.8) is 0 Å². The highest BCUT2D eigenvalue weighted by atomic mass is 35.5. The van der Waals surface area contributed by atoms with Gasteiger partial charge in [0, 0.05) is 17.0 Å². The first-order valence-corrected chi connectivity index (χ1v) is 8.78. The molecule has 0 fully saturated rings. The maximum Gasteiger partial charge on any atom is 0.154 e. The molecule has 0 saturated heterocycles. The molecule has 0 amide bonds. The maximum absolute atomic E-state index is 5.92. The van der Waals surface area contributed by atoms with E-state index in [4.69, 9.17) is 17.3 Å². The van der Waals surface area contributed by atoms with E-state index in [1.165, 1.54) is 0 Å². The highest BCUT2D eigenvalue weighted by Gasteiger charge is 2.05. The standard InChI is InChI=1S/C20H21ClN4.2ClH/c21-16-10-7-15(8-11-16)9-12-19-24-18-6-2-1-5-17(18)20(25-19)23-14-4-3-13-22;;/h1-2,5-12H,3-4,13-14,22H2,(H,23,24,25);2*1H/b12-9+;;. The Balaban J connectivity index is 0.00000182. The summed E-state index contributed by atoms with van der Waals surface area (Å²) in [5.74, 6) is 1.54. The fraction of sp³-hybridized carbons (Fsp3) is 0.200. The fourth-order valence-corrected chi connectivity index (χ4v) is 2.65. The van der Waals surface area contributed by atoms with Gasteiger partial charge < -0.3 is 11.1 Å². The Hall–Kier alpha value is -1.85. The van der Waals surface area contributed by atoms with E-state index >= 15 is 0 Å². The fourth-order valence-electron chi connectivity index (χ4n) is 2.52. The van der Waals surface area contributed by atoms with Crippen LogP contribution in [0.2, 0.25) is 5.02 Å². The van der Waals surface area contributed by atoms with E-state index in [9.17, 15) is 0 Å². The van der Waals surface area contributed by atoms with E-state index in [1.807, 2.05) is 60.7 Å². The molecule has 0 aliphatic heterocycles. The van der Waals surface area contributed by atoms with Crippen LogP contribution in [0, 0.1) is 0 Å². The lowest BCUT2D eigenvalue weighted by molar-refractivity contribution is 0.772. The van der Waals surface area contributed by atoms with Crippen LogP contribution in [0.5, 0.6) is 0 Å². The minimum Gasteiger partial charge on any atom is -0.369 e. The molecule has 3 rings (SSSR count). The topological polar surface area (TPSA) is 63.8 Å². The number of fused-ring (bicyclic) bond motifs is 1. The van der Waals surface area contributed by atoms with Crippen LogP contribution in [-0.2, 0) is 0 Å². The zero-order chi connectivity index (χ0) is 17.5. The normalized spacial score (nSPS) is 10.4. The number of hydrogen-bond donors (Lipinski definition) is 2. The second-order valence-electron chi connectivity index (χ2n) is 5.76. The summed E-state index contributed by atoms with van der Waals surface area (Å²) in [6, 6.07) is 15.7. The molecular formula is C20H23Cl3N4. The van der Waals surface area contributed by atoms with Gasteiger partial charge in [-0.15, -0.1) is 24.8 Å². The minimum absolute atomic E-state index is 0. The van der Waals surface area contributed by atoms with E-state index in [0.29, 0.717) is 12.4 Å². The Labute approximate surface area is 177 Å². The van der Waals surface area contributed by atoms with Gasteiger partial charge in [0.15, 0.2) is 5.82 Å². The van der Waals surface area contributed by atoms with Gasteiger partial charge in [-0.05, 0) is 55.3 Å². The van der Waals surface area contributed by atoms with Crippen molar-refractivity contribution in [2.45, 2.75) is 12.8 Å². The molecule has 27 heavy (non-hydrogen) atoms. The monoisotopic (exact) mass is 424 g/mol. The van der Waals surface area contributed by atoms with Crippen molar-refractivity contribution in [3.8, 4) is 0 Å². The second-order valence-corrected chi connectivity index (χ2v) is 6.19. The van der Waals surface area contributed by atoms with Gasteiger partial charge in [0.1, 0.15) is 5.82 Å². The first-order valence-electron chi connectivity index (χ1n) is 8.40. The Morgan fingerprint density at radius 2 is 1.67 bits per heavy atom. The van der Waals surface area contributed by atoms with E-state index in [-0.39, 0.29) is 24.8 Å². The number of rotatable bonds is 7. The molecule has 0 atom stereocenters. The number of benzene rings is 2. The number of aromatic nitrogens is 2. The maximum atomic E-state index is 5.92. The molecule has 0 aliphatic carbocycles. The number of halogens is 3. The summed E-state index contributed by atoms with van der Waals surface area (Å²) in [7, 11) is 0. The zero-order valence-corrected chi connectivity index (χ0v) is 17.2. The second kappa shape index (κ2) is 11.8. The summed E-state index contributed by atoms with van der Waals surface area (Å²) in [5.41, 5.74) is 7.54. The molecule has 4 nitrogen and oxygen atoms in total. The van der Waals surface area contributed by atoms with Crippen LogP contribution in [0.15, 0.2) is 48.5 Å². The average molecular weight is 426 g/mol. The first-order chi connectivity index (χ1) is 12.3. The Bertz CT molecular complexity index is 867. The van der Waals surface area contributed by atoms with Gasteiger partial charge in [-0.25, -0.2) is 9.97 Å². The van der Waals surface area contributed by atoms with Crippen molar-refractivity contribution in [2.75, 3.05) is 18.4 Å². The predicted molar refractivity (Wildman–Crippen MR) is 121 cm³/mol. The number of nitrogens with two attached hydrogens (primary N) is 1. The molecule has 0 spiro atoms.